The molecule has 1 N–H and O–H groups in total. The topological polar surface area (TPSA) is 49.4 Å². The van der Waals surface area contributed by atoms with Gasteiger partial charge < -0.3 is 5.32 Å². The standard InChI is InChI=1S/C24H18Cl2N2O2/c1-14-13-17(25)11-12-19(14)27-22-21(16-7-4-3-5-8-16)23(29)28(24(22)30)20-10-6-9-18(26)15(20)2/h3-13,27H,1-2H3. The molecule has 4 nitrogen and oxygen atoms in total. The van der Waals surface area contributed by atoms with E-state index >= 15 is 0 Å². The number of imide groups is 1. The van der Waals surface area contributed by atoms with Gasteiger partial charge in [-0.2, -0.15) is 0 Å². The van der Waals surface area contributed by atoms with Gasteiger partial charge in [0.05, 0.1) is 11.3 Å². The molecule has 0 fully saturated rings. The van der Waals surface area contributed by atoms with E-state index < -0.39 is 11.8 Å². The number of carbonyl (C=O) groups is 2. The molecule has 0 unspecified atom stereocenters. The molecule has 0 spiro atoms. The van der Waals surface area contributed by atoms with E-state index in [1.165, 1.54) is 4.90 Å². The second-order valence-corrected chi connectivity index (χ2v) is 7.87. The van der Waals surface area contributed by atoms with Crippen LogP contribution >= 0.6 is 23.2 Å². The zero-order valence-corrected chi connectivity index (χ0v) is 17.9. The van der Waals surface area contributed by atoms with Crippen LogP contribution in [-0.2, 0) is 9.59 Å². The lowest BCUT2D eigenvalue weighted by Gasteiger charge is -2.18. The third-order valence-corrected chi connectivity index (χ3v) is 5.72. The summed E-state index contributed by atoms with van der Waals surface area (Å²) in [5, 5.41) is 4.26. The van der Waals surface area contributed by atoms with Gasteiger partial charge in [0.1, 0.15) is 5.70 Å². The highest BCUT2D eigenvalue weighted by atomic mass is 35.5. The molecule has 1 aliphatic rings. The minimum absolute atomic E-state index is 0.219. The Morgan fingerprint density at radius 1 is 0.833 bits per heavy atom. The van der Waals surface area contributed by atoms with Crippen LogP contribution in [0.1, 0.15) is 16.7 Å². The summed E-state index contributed by atoms with van der Waals surface area (Å²) in [5.74, 6) is -0.829. The van der Waals surface area contributed by atoms with Gasteiger partial charge in [-0.05, 0) is 60.9 Å². The lowest BCUT2D eigenvalue weighted by atomic mass is 10.0. The molecule has 0 aromatic heterocycles. The maximum atomic E-state index is 13.5. The second kappa shape index (κ2) is 7.98. The van der Waals surface area contributed by atoms with Crippen LogP contribution < -0.4 is 10.2 Å². The lowest BCUT2D eigenvalue weighted by Crippen LogP contribution is -2.33. The van der Waals surface area contributed by atoms with Gasteiger partial charge in [-0.1, -0.05) is 59.6 Å². The van der Waals surface area contributed by atoms with Crippen molar-refractivity contribution < 1.29 is 9.59 Å². The highest BCUT2D eigenvalue weighted by Gasteiger charge is 2.41. The van der Waals surface area contributed by atoms with Gasteiger partial charge >= 0.3 is 0 Å². The molecule has 1 aliphatic heterocycles. The first-order valence-electron chi connectivity index (χ1n) is 9.35. The molecule has 3 aromatic rings. The van der Waals surface area contributed by atoms with Crippen LogP contribution in [0.5, 0.6) is 0 Å². The van der Waals surface area contributed by atoms with Crippen molar-refractivity contribution >= 4 is 52.0 Å². The first kappa shape index (κ1) is 20.2. The van der Waals surface area contributed by atoms with Gasteiger partial charge in [-0.15, -0.1) is 0 Å². The molecule has 3 aromatic carbocycles. The van der Waals surface area contributed by atoms with E-state index in [1.54, 1.807) is 43.3 Å². The Kier molecular flexibility index (Phi) is 5.37. The summed E-state index contributed by atoms with van der Waals surface area (Å²) in [6.45, 7) is 3.67. The predicted molar refractivity (Wildman–Crippen MR) is 122 cm³/mol. The van der Waals surface area contributed by atoms with E-state index in [2.05, 4.69) is 5.32 Å². The average Bonchev–Trinajstić information content (AvgIpc) is 2.96. The summed E-state index contributed by atoms with van der Waals surface area (Å²) in [7, 11) is 0. The number of rotatable bonds is 4. The van der Waals surface area contributed by atoms with Crippen LogP contribution in [-0.4, -0.2) is 11.8 Å². The molecule has 0 saturated heterocycles. The number of nitrogens with one attached hydrogen (secondary N) is 1. The van der Waals surface area contributed by atoms with Crippen molar-refractivity contribution in [1.29, 1.82) is 0 Å². The minimum atomic E-state index is -0.432. The van der Waals surface area contributed by atoms with E-state index in [9.17, 15) is 9.59 Å². The monoisotopic (exact) mass is 436 g/mol. The van der Waals surface area contributed by atoms with Crippen molar-refractivity contribution in [3.05, 3.63) is 99.2 Å². The number of carbonyl (C=O) groups excluding carboxylic acids is 2. The Morgan fingerprint density at radius 2 is 1.57 bits per heavy atom. The van der Waals surface area contributed by atoms with E-state index in [0.717, 1.165) is 5.56 Å². The number of halogens is 2. The first-order valence-corrected chi connectivity index (χ1v) is 10.1. The summed E-state index contributed by atoms with van der Waals surface area (Å²) >= 11 is 12.3. The summed E-state index contributed by atoms with van der Waals surface area (Å²) in [6, 6.07) is 19.6. The largest absolute Gasteiger partial charge is 0.350 e. The summed E-state index contributed by atoms with van der Waals surface area (Å²) < 4.78 is 0. The Balaban J connectivity index is 1.86. The highest BCUT2D eigenvalue weighted by molar-refractivity contribution is 6.46. The Morgan fingerprint density at radius 3 is 2.27 bits per heavy atom. The lowest BCUT2D eigenvalue weighted by molar-refractivity contribution is -0.120. The predicted octanol–water partition coefficient (Wildman–Crippen LogP) is 6.01. The van der Waals surface area contributed by atoms with Crippen LogP contribution in [0.15, 0.2) is 72.4 Å². The van der Waals surface area contributed by atoms with Crippen molar-refractivity contribution in [2.24, 2.45) is 0 Å². The summed E-state index contributed by atoms with van der Waals surface area (Å²) in [5.41, 5.74) is 3.89. The van der Waals surface area contributed by atoms with Gasteiger partial charge in [0.2, 0.25) is 0 Å². The zero-order valence-electron chi connectivity index (χ0n) is 16.4. The fraction of sp³-hybridized carbons (Fsp3) is 0.0833. The number of hydrogen-bond acceptors (Lipinski definition) is 3. The van der Waals surface area contributed by atoms with E-state index in [4.69, 9.17) is 23.2 Å². The number of benzene rings is 3. The SMILES string of the molecule is Cc1cc(Cl)ccc1NC1=C(c2ccccc2)C(=O)N(c2cccc(Cl)c2C)C1=O. The van der Waals surface area contributed by atoms with Gasteiger partial charge in [0, 0.05) is 15.7 Å². The van der Waals surface area contributed by atoms with Crippen molar-refractivity contribution in [3.63, 3.8) is 0 Å². The molecule has 0 atom stereocenters. The fourth-order valence-corrected chi connectivity index (χ4v) is 3.87. The van der Waals surface area contributed by atoms with Gasteiger partial charge in [-0.25, -0.2) is 4.90 Å². The third-order valence-electron chi connectivity index (χ3n) is 5.07. The van der Waals surface area contributed by atoms with Crippen LogP contribution in [0.25, 0.3) is 5.57 Å². The van der Waals surface area contributed by atoms with Crippen LogP contribution in [0.2, 0.25) is 10.0 Å². The van der Waals surface area contributed by atoms with E-state index in [1.807, 2.05) is 37.3 Å². The van der Waals surface area contributed by atoms with Crippen molar-refractivity contribution in [3.8, 4) is 0 Å². The number of anilines is 2. The van der Waals surface area contributed by atoms with Crippen LogP contribution in [0.4, 0.5) is 11.4 Å². The van der Waals surface area contributed by atoms with Gasteiger partial charge in [0.25, 0.3) is 11.8 Å². The third kappa shape index (κ3) is 3.49. The number of amides is 2. The molecule has 30 heavy (non-hydrogen) atoms. The van der Waals surface area contributed by atoms with Crippen molar-refractivity contribution in [2.75, 3.05) is 10.2 Å². The van der Waals surface area contributed by atoms with Crippen LogP contribution in [0, 0.1) is 13.8 Å². The molecular weight excluding hydrogens is 419 g/mol. The molecule has 4 rings (SSSR count). The average molecular weight is 437 g/mol. The van der Waals surface area contributed by atoms with Gasteiger partial charge in [0.15, 0.2) is 0 Å². The molecule has 150 valence electrons. The molecule has 1 heterocycles. The second-order valence-electron chi connectivity index (χ2n) is 7.03. The quantitative estimate of drug-likeness (QED) is 0.509. The van der Waals surface area contributed by atoms with Crippen molar-refractivity contribution in [2.45, 2.75) is 13.8 Å². The summed E-state index contributed by atoms with van der Waals surface area (Å²) in [4.78, 5) is 28.1. The highest BCUT2D eigenvalue weighted by Crippen LogP contribution is 2.37. The van der Waals surface area contributed by atoms with Crippen LogP contribution in [0.3, 0.4) is 0 Å². The van der Waals surface area contributed by atoms with Crippen molar-refractivity contribution in [1.82, 2.24) is 0 Å². The van der Waals surface area contributed by atoms with Gasteiger partial charge in [-0.3, -0.25) is 9.59 Å². The Hall–Kier alpha value is -3.08. The van der Waals surface area contributed by atoms with E-state index in [-0.39, 0.29) is 5.70 Å². The van der Waals surface area contributed by atoms with E-state index in [0.29, 0.717) is 38.1 Å². The molecule has 2 amide bonds. The first-order chi connectivity index (χ1) is 14.4. The number of hydrogen-bond donors (Lipinski definition) is 1. The molecule has 0 bridgehead atoms. The fourth-order valence-electron chi connectivity index (χ4n) is 3.48. The molecule has 0 saturated carbocycles. The molecule has 6 heteroatoms. The smallest absolute Gasteiger partial charge is 0.282 e. The minimum Gasteiger partial charge on any atom is -0.350 e. The summed E-state index contributed by atoms with van der Waals surface area (Å²) in [6.07, 6.45) is 0. The number of aryl methyl sites for hydroxylation is 1. The molecular formula is C24H18Cl2N2O2. The normalized spacial score (nSPS) is 13.9. The Bertz CT molecular complexity index is 1200. The maximum absolute atomic E-state index is 13.5. The Labute approximate surface area is 184 Å². The maximum Gasteiger partial charge on any atom is 0.282 e. The molecule has 0 aliphatic carbocycles. The zero-order chi connectivity index (χ0) is 21.4. The molecule has 0 radical (unpaired) electrons. The number of nitrogens with zero attached hydrogens (tertiary/aromatic N) is 1.